The second-order valence-corrected chi connectivity index (χ2v) is 10.7. The number of fused-ring (bicyclic) bond motifs is 1. The molecule has 0 saturated carbocycles. The fourth-order valence-electron chi connectivity index (χ4n) is 4.47. The summed E-state index contributed by atoms with van der Waals surface area (Å²) in [4.78, 5) is 22.5. The Morgan fingerprint density at radius 3 is 2.57 bits per heavy atom. The van der Waals surface area contributed by atoms with Crippen LogP contribution in [0.4, 0.5) is 10.1 Å². The molecule has 1 amide bonds. The molecular weight excluding hydrogens is 471 g/mol. The summed E-state index contributed by atoms with van der Waals surface area (Å²) < 4.78 is 45.2. The highest BCUT2D eigenvalue weighted by molar-refractivity contribution is 7.91. The quantitative estimate of drug-likeness (QED) is 0.447. The fraction of sp³-hybridized carbons (Fsp3) is 0.240. The molecule has 1 saturated heterocycles. The fourth-order valence-corrected chi connectivity index (χ4v) is 6.17. The molecule has 10 heteroatoms. The summed E-state index contributed by atoms with van der Waals surface area (Å²) >= 11 is 0. The van der Waals surface area contributed by atoms with Crippen LogP contribution in [0.15, 0.2) is 54.6 Å². The number of carbonyl (C=O) groups excluding carboxylic acids is 1. The van der Waals surface area contributed by atoms with Gasteiger partial charge in [0.1, 0.15) is 22.9 Å². The van der Waals surface area contributed by atoms with E-state index in [2.05, 4.69) is 15.3 Å². The maximum atomic E-state index is 13.7. The number of amides is 1. The molecule has 8 nitrogen and oxygen atoms in total. The normalized spacial score (nSPS) is 16.9. The third-order valence-electron chi connectivity index (χ3n) is 6.11. The second-order valence-electron chi connectivity index (χ2n) is 8.50. The minimum atomic E-state index is -3.14. The molecule has 180 valence electrons. The third-order valence-corrected chi connectivity index (χ3v) is 7.86. The van der Waals surface area contributed by atoms with Gasteiger partial charge in [0.15, 0.2) is 15.5 Å². The summed E-state index contributed by atoms with van der Waals surface area (Å²) in [5.41, 5.74) is 2.61. The number of hydrogen-bond donors (Lipinski definition) is 1. The van der Waals surface area contributed by atoms with Crippen molar-refractivity contribution in [1.29, 1.82) is 0 Å². The highest BCUT2D eigenvalue weighted by Crippen LogP contribution is 2.33. The van der Waals surface area contributed by atoms with Gasteiger partial charge in [0.2, 0.25) is 0 Å². The van der Waals surface area contributed by atoms with E-state index in [1.807, 2.05) is 22.8 Å². The van der Waals surface area contributed by atoms with Crippen molar-refractivity contribution in [3.63, 3.8) is 0 Å². The summed E-state index contributed by atoms with van der Waals surface area (Å²) in [6, 6.07) is 14.4. The van der Waals surface area contributed by atoms with Gasteiger partial charge in [-0.15, -0.1) is 0 Å². The molecule has 1 unspecified atom stereocenters. The molecule has 35 heavy (non-hydrogen) atoms. The number of nitrogens with one attached hydrogen (secondary N) is 1. The van der Waals surface area contributed by atoms with Crippen molar-refractivity contribution in [2.75, 3.05) is 23.9 Å². The van der Waals surface area contributed by atoms with Crippen LogP contribution in [0.25, 0.3) is 22.3 Å². The van der Waals surface area contributed by atoms with E-state index < -0.39 is 21.6 Å². The van der Waals surface area contributed by atoms with E-state index >= 15 is 0 Å². The van der Waals surface area contributed by atoms with Crippen molar-refractivity contribution in [3.05, 3.63) is 71.9 Å². The molecule has 0 bridgehead atoms. The second kappa shape index (κ2) is 8.77. The van der Waals surface area contributed by atoms with Gasteiger partial charge in [-0.05, 0) is 61.9 Å². The predicted octanol–water partition coefficient (Wildman–Crippen LogP) is 4.17. The Morgan fingerprint density at radius 2 is 1.91 bits per heavy atom. The lowest BCUT2D eigenvalue weighted by molar-refractivity contribution is 0.102. The highest BCUT2D eigenvalue weighted by Gasteiger charge is 2.32. The molecule has 4 aromatic rings. The number of ether oxygens (including phenoxy) is 1. The van der Waals surface area contributed by atoms with E-state index in [9.17, 15) is 17.6 Å². The number of carbonyl (C=O) groups is 1. The molecule has 1 atom stereocenters. The van der Waals surface area contributed by atoms with Crippen LogP contribution in [0, 0.1) is 12.7 Å². The van der Waals surface area contributed by atoms with Crippen molar-refractivity contribution < 1.29 is 22.3 Å². The molecule has 1 aliphatic rings. The zero-order valence-corrected chi connectivity index (χ0v) is 20.0. The van der Waals surface area contributed by atoms with Crippen molar-refractivity contribution in [2.24, 2.45) is 0 Å². The topological polar surface area (TPSA) is 103 Å². The van der Waals surface area contributed by atoms with Crippen LogP contribution in [0.1, 0.15) is 28.8 Å². The van der Waals surface area contributed by atoms with Crippen LogP contribution in [0.5, 0.6) is 5.75 Å². The minimum Gasteiger partial charge on any atom is -0.497 e. The monoisotopic (exact) mass is 494 g/mol. The Morgan fingerprint density at radius 1 is 1.14 bits per heavy atom. The number of imidazole rings is 1. The molecule has 0 spiro atoms. The molecule has 5 rings (SSSR count). The molecule has 1 N–H and O–H groups in total. The Labute approximate surface area is 201 Å². The first-order valence-corrected chi connectivity index (χ1v) is 12.9. The van der Waals surface area contributed by atoms with Crippen molar-refractivity contribution in [2.45, 2.75) is 19.4 Å². The Kier molecular flexibility index (Phi) is 5.76. The van der Waals surface area contributed by atoms with E-state index in [4.69, 9.17) is 4.74 Å². The Bertz CT molecular complexity index is 1550. The van der Waals surface area contributed by atoms with Gasteiger partial charge in [-0.25, -0.2) is 22.8 Å². The predicted molar refractivity (Wildman–Crippen MR) is 131 cm³/mol. The van der Waals surface area contributed by atoms with Gasteiger partial charge in [0.05, 0.1) is 35.9 Å². The number of pyridine rings is 1. The average Bonchev–Trinajstić information content (AvgIpc) is 3.35. The van der Waals surface area contributed by atoms with Gasteiger partial charge < -0.3 is 14.6 Å². The summed E-state index contributed by atoms with van der Waals surface area (Å²) in [6.07, 6.45) is 0.472. The van der Waals surface area contributed by atoms with E-state index in [-0.39, 0.29) is 28.9 Å². The first-order valence-electron chi connectivity index (χ1n) is 11.1. The molecule has 2 aromatic heterocycles. The molecule has 1 fully saturated rings. The molecule has 0 aliphatic carbocycles. The number of halogens is 1. The smallest absolute Gasteiger partial charge is 0.276 e. The van der Waals surface area contributed by atoms with E-state index in [0.29, 0.717) is 34.7 Å². The standard InChI is InChI=1S/C25H23FN4O4S/c1-15-27-23-22(30(15)19-10-11-35(32,33)14-19)13-21(16-6-8-20(34-2)9-7-16)29-24(23)25(31)28-18-5-3-4-17(26)12-18/h3-9,12-13,19H,10-11,14H2,1-2H3,(H,28,31). The van der Waals surface area contributed by atoms with Crippen LogP contribution >= 0.6 is 0 Å². The Hall–Kier alpha value is -3.79. The minimum absolute atomic E-state index is 0.0182. The molecule has 1 aliphatic heterocycles. The van der Waals surface area contributed by atoms with Crippen molar-refractivity contribution >= 4 is 32.5 Å². The van der Waals surface area contributed by atoms with Crippen LogP contribution in [0.2, 0.25) is 0 Å². The van der Waals surface area contributed by atoms with E-state index in [1.165, 1.54) is 18.2 Å². The van der Waals surface area contributed by atoms with Crippen LogP contribution < -0.4 is 10.1 Å². The number of benzene rings is 2. The van der Waals surface area contributed by atoms with Gasteiger partial charge in [-0.3, -0.25) is 4.79 Å². The van der Waals surface area contributed by atoms with Gasteiger partial charge >= 0.3 is 0 Å². The van der Waals surface area contributed by atoms with Crippen LogP contribution in [-0.2, 0) is 9.84 Å². The number of aryl methyl sites for hydroxylation is 1. The largest absolute Gasteiger partial charge is 0.497 e. The SMILES string of the molecule is COc1ccc(-c2cc3c(nc(C)n3C3CCS(=O)(=O)C3)c(C(=O)Nc3cccc(F)c3)n2)cc1. The van der Waals surface area contributed by atoms with E-state index in [1.54, 1.807) is 32.2 Å². The number of nitrogens with zero attached hydrogens (tertiary/aromatic N) is 3. The lowest BCUT2D eigenvalue weighted by Gasteiger charge is -2.15. The summed E-state index contributed by atoms with van der Waals surface area (Å²) in [5.74, 6) is 0.381. The third kappa shape index (κ3) is 4.49. The summed E-state index contributed by atoms with van der Waals surface area (Å²) in [7, 11) is -1.57. The summed E-state index contributed by atoms with van der Waals surface area (Å²) in [5, 5.41) is 2.69. The number of anilines is 1. The maximum Gasteiger partial charge on any atom is 0.276 e. The zero-order chi connectivity index (χ0) is 24.7. The first kappa shape index (κ1) is 23.0. The van der Waals surface area contributed by atoms with Crippen molar-refractivity contribution in [3.8, 4) is 17.0 Å². The average molecular weight is 495 g/mol. The number of sulfone groups is 1. The van der Waals surface area contributed by atoms with Crippen molar-refractivity contribution in [1.82, 2.24) is 14.5 Å². The lowest BCUT2D eigenvalue weighted by atomic mass is 10.1. The Balaban J connectivity index is 1.67. The van der Waals surface area contributed by atoms with Gasteiger partial charge in [0, 0.05) is 11.3 Å². The molecule has 3 heterocycles. The number of aromatic nitrogens is 3. The van der Waals surface area contributed by atoms with Crippen LogP contribution in [0.3, 0.4) is 0 Å². The number of methoxy groups -OCH3 is 1. The first-order chi connectivity index (χ1) is 16.7. The molecular formula is C25H23FN4O4S. The zero-order valence-electron chi connectivity index (χ0n) is 19.2. The van der Waals surface area contributed by atoms with E-state index in [0.717, 1.165) is 5.56 Å². The van der Waals surface area contributed by atoms with Crippen LogP contribution in [-0.4, -0.2) is 47.5 Å². The molecule has 2 aromatic carbocycles. The highest BCUT2D eigenvalue weighted by atomic mass is 32.2. The lowest BCUT2D eigenvalue weighted by Crippen LogP contribution is -2.16. The maximum absolute atomic E-state index is 13.7. The molecule has 0 radical (unpaired) electrons. The number of rotatable bonds is 5. The van der Waals surface area contributed by atoms with Gasteiger partial charge in [0.25, 0.3) is 5.91 Å². The van der Waals surface area contributed by atoms with Gasteiger partial charge in [-0.1, -0.05) is 6.07 Å². The summed E-state index contributed by atoms with van der Waals surface area (Å²) in [6.45, 7) is 1.78. The van der Waals surface area contributed by atoms with Gasteiger partial charge in [-0.2, -0.15) is 0 Å². The number of hydrogen-bond acceptors (Lipinski definition) is 6.